The van der Waals surface area contributed by atoms with E-state index in [-0.39, 0.29) is 25.2 Å². The maximum absolute atomic E-state index is 11.8. The minimum Gasteiger partial charge on any atom is -0.494 e. The van der Waals surface area contributed by atoms with Gasteiger partial charge < -0.3 is 46.1 Å². The van der Waals surface area contributed by atoms with Crippen molar-refractivity contribution in [1.82, 2.24) is 44.4 Å². The Kier molecular flexibility index (Phi) is 21.2. The Labute approximate surface area is 446 Å². The van der Waals surface area contributed by atoms with Gasteiger partial charge in [0.1, 0.15) is 40.8 Å². The molecular weight excluding hydrogens is 992 g/mol. The summed E-state index contributed by atoms with van der Waals surface area (Å²) in [5, 5.41) is 26.7. The smallest absolute Gasteiger partial charge is 0.407 e. The van der Waals surface area contributed by atoms with Crippen LogP contribution < -0.4 is 31.2 Å². The molecule has 0 aliphatic heterocycles. The first-order valence-electron chi connectivity index (χ1n) is 25.0. The molecule has 0 unspecified atom stereocenters. The van der Waals surface area contributed by atoms with Gasteiger partial charge in [0.15, 0.2) is 11.3 Å². The number of aryl methyl sites for hydroxylation is 2. The fraction of sp³-hybridized carbons (Fsp3) is 0.327. The van der Waals surface area contributed by atoms with Crippen molar-refractivity contribution in [3.8, 4) is 22.9 Å². The largest absolute Gasteiger partial charge is 0.494 e. The number of anilines is 4. The molecule has 0 atom stereocenters. The minimum absolute atomic E-state index is 0. The van der Waals surface area contributed by atoms with Gasteiger partial charge in [-0.3, -0.25) is 18.7 Å². The van der Waals surface area contributed by atoms with Crippen molar-refractivity contribution < 1.29 is 38.8 Å². The van der Waals surface area contributed by atoms with E-state index in [1.165, 1.54) is 5.56 Å². The summed E-state index contributed by atoms with van der Waals surface area (Å²) >= 11 is 0. The fourth-order valence-electron chi connectivity index (χ4n) is 7.53. The lowest BCUT2D eigenvalue weighted by Crippen LogP contribution is -2.33. The molecule has 400 valence electrons. The van der Waals surface area contributed by atoms with Crippen molar-refractivity contribution >= 4 is 76.0 Å². The zero-order valence-electron chi connectivity index (χ0n) is 42.9. The summed E-state index contributed by atoms with van der Waals surface area (Å²) in [6.07, 6.45) is 12.8. The number of carboxylic acid groups (broad SMARTS) is 2. The van der Waals surface area contributed by atoms with Gasteiger partial charge in [0.2, 0.25) is 11.9 Å². The summed E-state index contributed by atoms with van der Waals surface area (Å²) in [4.78, 5) is 59.9. The van der Waals surface area contributed by atoms with Crippen LogP contribution in [0.5, 0.6) is 11.5 Å². The monoisotopic (exact) mass is 1060 g/mol. The highest BCUT2D eigenvalue weighted by atomic mass is 35.5. The number of aromatic nitrogens is 8. The molecule has 8 aromatic rings. The molecule has 0 bridgehead atoms. The number of benzene rings is 4. The van der Waals surface area contributed by atoms with Crippen LogP contribution in [0.3, 0.4) is 0 Å². The number of nitrogens with one attached hydrogen (secondary N) is 3. The van der Waals surface area contributed by atoms with Crippen LogP contribution in [0, 0.1) is 0 Å². The van der Waals surface area contributed by atoms with E-state index in [0.717, 1.165) is 59.7 Å². The van der Waals surface area contributed by atoms with Crippen LogP contribution in [0.4, 0.5) is 28.1 Å². The maximum atomic E-state index is 11.8. The molecule has 4 heterocycles. The number of rotatable bonds is 25. The van der Waals surface area contributed by atoms with Gasteiger partial charge in [0.25, 0.3) is 0 Å². The number of aliphatic carboxylic acids is 2. The molecule has 0 aliphatic carbocycles. The summed E-state index contributed by atoms with van der Waals surface area (Å²) in [6, 6.07) is 31.4. The number of ether oxygens (including phenoxy) is 3. The molecule has 4 aromatic heterocycles. The van der Waals surface area contributed by atoms with Gasteiger partial charge in [-0.1, -0.05) is 24.3 Å². The van der Waals surface area contributed by atoms with E-state index in [0.29, 0.717) is 92.0 Å². The van der Waals surface area contributed by atoms with Crippen molar-refractivity contribution in [1.29, 1.82) is 0 Å². The van der Waals surface area contributed by atoms with Crippen LogP contribution in [-0.4, -0.2) is 99.2 Å². The van der Waals surface area contributed by atoms with Gasteiger partial charge in [-0.05, 0) is 163 Å². The number of carbonyl (C=O) groups is 3. The van der Waals surface area contributed by atoms with Crippen molar-refractivity contribution in [3.05, 3.63) is 133 Å². The van der Waals surface area contributed by atoms with E-state index in [1.807, 2.05) is 115 Å². The Morgan fingerprint density at radius 3 is 1.42 bits per heavy atom. The van der Waals surface area contributed by atoms with Crippen LogP contribution in [0.25, 0.3) is 33.7 Å². The second kappa shape index (κ2) is 28.3. The molecule has 1 amide bonds. The molecule has 20 nitrogen and oxygen atoms in total. The lowest BCUT2D eigenvalue weighted by molar-refractivity contribution is -0.138. The Balaban J connectivity index is 0.000000247. The van der Waals surface area contributed by atoms with Gasteiger partial charge in [-0.15, -0.1) is 12.4 Å². The standard InChI is InChI=1S/C30H36N6O5.C25H28N6O3.ClH/c1-30(2,3)41-29(39)31-17-6-7-21-9-11-22(12-10-21)34-28-32-19-25-27(35-28)36(20-33-25)23-13-15-24(16-14-23)40-18-5-4-8-26(37)38;26-14-3-4-18-6-8-19(9-7-18)29-25-27-16-22-24(30-25)31(17-28-22)20-10-12-21(13-11-20)34-15-2-1-5-23(32)33;/h9-16,19-20H,4-8,17-18H2,1-3H3,(H,31,39)(H,37,38)(H,32,34,35);6-13,16-17H,1-5,14-15,26H2,(H,32,33)(H,27,29,30);1H. The molecule has 0 radical (unpaired) electrons. The second-order valence-corrected chi connectivity index (χ2v) is 18.5. The van der Waals surface area contributed by atoms with Crippen LogP contribution in [-0.2, 0) is 27.2 Å². The average molecular weight is 1060 g/mol. The zero-order chi connectivity index (χ0) is 53.0. The number of hydrogen-bond acceptors (Lipinski definition) is 15. The molecule has 0 aliphatic rings. The van der Waals surface area contributed by atoms with Crippen LogP contribution in [0.15, 0.2) is 122 Å². The number of halogens is 1. The number of imidazole rings is 2. The number of nitrogens with two attached hydrogens (primary N) is 1. The first-order valence-corrected chi connectivity index (χ1v) is 25.0. The minimum atomic E-state index is -0.792. The molecule has 0 saturated heterocycles. The summed E-state index contributed by atoms with van der Waals surface area (Å²) < 4.78 is 20.5. The van der Waals surface area contributed by atoms with Crippen LogP contribution in [0.1, 0.15) is 83.3 Å². The first-order chi connectivity index (χ1) is 36.3. The molecule has 76 heavy (non-hydrogen) atoms. The third kappa shape index (κ3) is 17.9. The number of nitrogens with zero attached hydrogens (tertiary/aromatic N) is 8. The summed E-state index contributed by atoms with van der Waals surface area (Å²) in [5.74, 6) is 0.819. The lowest BCUT2D eigenvalue weighted by Gasteiger charge is -2.19. The Morgan fingerprint density at radius 1 is 0.579 bits per heavy atom. The zero-order valence-corrected chi connectivity index (χ0v) is 43.7. The van der Waals surface area contributed by atoms with Crippen molar-refractivity contribution in [2.24, 2.45) is 5.73 Å². The highest BCUT2D eigenvalue weighted by molar-refractivity contribution is 5.85. The fourth-order valence-corrected chi connectivity index (χ4v) is 7.53. The van der Waals surface area contributed by atoms with Crippen molar-refractivity contribution in [2.75, 3.05) is 36.9 Å². The third-order valence-electron chi connectivity index (χ3n) is 11.3. The van der Waals surface area contributed by atoms with Crippen molar-refractivity contribution in [2.45, 2.75) is 90.6 Å². The number of alkyl carbamates (subject to hydrolysis) is 1. The number of carbonyl (C=O) groups excluding carboxylic acids is 1. The predicted octanol–water partition coefficient (Wildman–Crippen LogP) is 10.2. The molecule has 4 aromatic carbocycles. The Hall–Kier alpha value is -8.36. The molecular formula is C55H65ClN12O8. The number of unbranched alkanes of at least 4 members (excludes halogenated alkanes) is 2. The summed E-state index contributed by atoms with van der Waals surface area (Å²) in [7, 11) is 0. The van der Waals surface area contributed by atoms with E-state index in [2.05, 4.69) is 58.0 Å². The van der Waals surface area contributed by atoms with Gasteiger partial charge >= 0.3 is 18.0 Å². The molecule has 8 rings (SSSR count). The highest BCUT2D eigenvalue weighted by Gasteiger charge is 2.16. The van der Waals surface area contributed by atoms with Gasteiger partial charge in [-0.2, -0.15) is 9.97 Å². The lowest BCUT2D eigenvalue weighted by atomic mass is 10.1. The number of amides is 1. The van der Waals surface area contributed by atoms with E-state index in [4.69, 9.17) is 30.2 Å². The first kappa shape index (κ1) is 56.9. The SMILES string of the molecule is CC(C)(C)OC(=O)NCCCc1ccc(Nc2ncc3ncn(-c4ccc(OCCCCC(=O)O)cc4)c3n2)cc1.Cl.NCCCc1ccc(Nc2ncc3ncn(-c4ccc(OCCCCC(=O)O)cc4)c3n2)cc1. The van der Waals surface area contributed by atoms with Crippen molar-refractivity contribution in [3.63, 3.8) is 0 Å². The number of fused-ring (bicyclic) bond motifs is 2. The molecule has 0 fully saturated rings. The van der Waals surface area contributed by atoms with E-state index in [9.17, 15) is 14.4 Å². The quantitative estimate of drug-likeness (QED) is 0.0291. The third-order valence-corrected chi connectivity index (χ3v) is 11.3. The maximum Gasteiger partial charge on any atom is 0.407 e. The predicted molar refractivity (Wildman–Crippen MR) is 294 cm³/mol. The van der Waals surface area contributed by atoms with Gasteiger partial charge in [-0.25, -0.2) is 24.7 Å². The molecule has 0 spiro atoms. The Bertz CT molecular complexity index is 3090. The molecule has 0 saturated carbocycles. The molecule has 21 heteroatoms. The summed E-state index contributed by atoms with van der Waals surface area (Å²) in [6.45, 7) is 7.70. The second-order valence-electron chi connectivity index (χ2n) is 18.5. The van der Waals surface area contributed by atoms with E-state index in [1.54, 1.807) is 25.0 Å². The van der Waals surface area contributed by atoms with Gasteiger partial charge in [0.05, 0.1) is 25.6 Å². The topological polar surface area (TPSA) is 269 Å². The van der Waals surface area contributed by atoms with E-state index < -0.39 is 23.6 Å². The Morgan fingerprint density at radius 2 is 1.01 bits per heavy atom. The molecule has 7 N–H and O–H groups in total. The number of carboxylic acids is 2. The normalized spacial score (nSPS) is 11.0. The average Bonchev–Trinajstić information content (AvgIpc) is 4.02. The van der Waals surface area contributed by atoms with Crippen LogP contribution in [0.2, 0.25) is 0 Å². The summed E-state index contributed by atoms with van der Waals surface area (Å²) in [5.41, 5.74) is 13.8. The number of hydrogen-bond donors (Lipinski definition) is 6. The van der Waals surface area contributed by atoms with Crippen LogP contribution >= 0.6 is 12.4 Å². The highest BCUT2D eigenvalue weighted by Crippen LogP contribution is 2.24. The van der Waals surface area contributed by atoms with Gasteiger partial charge in [0, 0.05) is 42.1 Å². The van der Waals surface area contributed by atoms with E-state index >= 15 is 0 Å².